The van der Waals surface area contributed by atoms with Crippen LogP contribution in [0.2, 0.25) is 10.0 Å². The molecule has 0 atom stereocenters. The Bertz CT molecular complexity index is 888. The van der Waals surface area contributed by atoms with E-state index >= 15 is 0 Å². The largest absolute Gasteiger partial charge is 0.376 e. The fraction of sp³-hybridized carbons (Fsp3) is 0.300. The number of anilines is 2. The molecule has 150 valence electrons. The summed E-state index contributed by atoms with van der Waals surface area (Å²) in [6.07, 6.45) is 0.782. The van der Waals surface area contributed by atoms with Gasteiger partial charge in [0.1, 0.15) is 5.82 Å². The van der Waals surface area contributed by atoms with E-state index in [-0.39, 0.29) is 33.9 Å². The number of carbonyl (C=O) groups excluding carboxylic acids is 2. The highest BCUT2D eigenvalue weighted by Crippen LogP contribution is 2.22. The van der Waals surface area contributed by atoms with Crippen LogP contribution in [0, 0.1) is 5.82 Å². The Morgan fingerprint density at radius 3 is 2.29 bits per heavy atom. The van der Waals surface area contributed by atoms with E-state index in [4.69, 9.17) is 23.2 Å². The van der Waals surface area contributed by atoms with Gasteiger partial charge in [0.15, 0.2) is 0 Å². The fourth-order valence-corrected chi connectivity index (χ4v) is 2.68. The van der Waals surface area contributed by atoms with Crippen LogP contribution < -0.4 is 16.0 Å². The van der Waals surface area contributed by atoms with Gasteiger partial charge in [0.25, 0.3) is 5.91 Å². The lowest BCUT2D eigenvalue weighted by Gasteiger charge is -2.24. The van der Waals surface area contributed by atoms with Crippen LogP contribution >= 0.6 is 23.2 Å². The van der Waals surface area contributed by atoms with Gasteiger partial charge in [-0.25, -0.2) is 4.39 Å². The van der Waals surface area contributed by atoms with Gasteiger partial charge in [-0.2, -0.15) is 0 Å². The first-order valence-electron chi connectivity index (χ1n) is 8.72. The quantitative estimate of drug-likeness (QED) is 0.577. The van der Waals surface area contributed by atoms with Crippen molar-refractivity contribution in [2.75, 3.05) is 17.2 Å². The molecule has 0 aromatic heterocycles. The molecule has 0 heterocycles. The Balaban J connectivity index is 1.96. The Kier molecular flexibility index (Phi) is 7.27. The maximum absolute atomic E-state index is 13.1. The van der Waals surface area contributed by atoms with Gasteiger partial charge in [-0.1, -0.05) is 30.1 Å². The zero-order valence-corrected chi connectivity index (χ0v) is 17.3. The van der Waals surface area contributed by atoms with Crippen LogP contribution in [0.25, 0.3) is 0 Å². The SMILES string of the molecule is CCC(C)(C)NC(=O)c1ccc(NCC(=O)Nc2ccc(F)c(Cl)c2)cc1Cl. The maximum atomic E-state index is 13.1. The van der Waals surface area contributed by atoms with Gasteiger partial charge in [0.2, 0.25) is 5.91 Å². The van der Waals surface area contributed by atoms with E-state index in [0.29, 0.717) is 16.9 Å². The standard InChI is InChI=1S/C20H22Cl2FN3O2/c1-4-20(2,3)26-19(28)14-7-5-12(9-15(14)21)24-11-18(27)25-13-6-8-17(23)16(22)10-13/h5-10,24H,4,11H2,1-3H3,(H,25,27)(H,26,28). The van der Waals surface area contributed by atoms with E-state index in [2.05, 4.69) is 16.0 Å². The molecule has 0 saturated heterocycles. The van der Waals surface area contributed by atoms with Gasteiger partial charge in [-0.05, 0) is 56.7 Å². The zero-order valence-electron chi connectivity index (χ0n) is 15.8. The molecule has 0 aliphatic rings. The van der Waals surface area contributed by atoms with Gasteiger partial charge in [-0.3, -0.25) is 9.59 Å². The van der Waals surface area contributed by atoms with E-state index in [1.165, 1.54) is 18.2 Å². The van der Waals surface area contributed by atoms with Crippen molar-refractivity contribution in [1.29, 1.82) is 0 Å². The number of nitrogens with one attached hydrogen (secondary N) is 3. The maximum Gasteiger partial charge on any atom is 0.253 e. The zero-order chi connectivity index (χ0) is 20.9. The van der Waals surface area contributed by atoms with Crippen LogP contribution in [0.5, 0.6) is 0 Å². The molecule has 28 heavy (non-hydrogen) atoms. The summed E-state index contributed by atoms with van der Waals surface area (Å²) in [4.78, 5) is 24.4. The summed E-state index contributed by atoms with van der Waals surface area (Å²) >= 11 is 11.9. The Morgan fingerprint density at radius 2 is 1.68 bits per heavy atom. The number of hydrogen-bond acceptors (Lipinski definition) is 3. The topological polar surface area (TPSA) is 70.2 Å². The fourth-order valence-electron chi connectivity index (χ4n) is 2.23. The molecule has 0 radical (unpaired) electrons. The third-order valence-electron chi connectivity index (χ3n) is 4.21. The normalized spacial score (nSPS) is 11.1. The molecule has 0 saturated carbocycles. The van der Waals surface area contributed by atoms with Gasteiger partial charge >= 0.3 is 0 Å². The summed E-state index contributed by atoms with van der Waals surface area (Å²) in [7, 11) is 0. The Labute approximate surface area is 173 Å². The molecule has 0 fully saturated rings. The molecule has 0 unspecified atom stereocenters. The van der Waals surface area contributed by atoms with Crippen LogP contribution in [0.4, 0.5) is 15.8 Å². The smallest absolute Gasteiger partial charge is 0.253 e. The average Bonchev–Trinajstić information content (AvgIpc) is 2.62. The third-order valence-corrected chi connectivity index (χ3v) is 4.81. The van der Waals surface area contributed by atoms with Crippen molar-refractivity contribution in [3.63, 3.8) is 0 Å². The van der Waals surface area contributed by atoms with E-state index < -0.39 is 5.82 Å². The average molecular weight is 426 g/mol. The number of benzene rings is 2. The van der Waals surface area contributed by atoms with E-state index in [9.17, 15) is 14.0 Å². The predicted molar refractivity (Wildman–Crippen MR) is 112 cm³/mol. The van der Waals surface area contributed by atoms with Gasteiger partial charge < -0.3 is 16.0 Å². The molecule has 0 aliphatic heterocycles. The molecular weight excluding hydrogens is 404 g/mol. The molecule has 0 spiro atoms. The second kappa shape index (κ2) is 9.26. The van der Waals surface area contributed by atoms with Crippen molar-refractivity contribution >= 4 is 46.4 Å². The molecule has 3 N–H and O–H groups in total. The predicted octanol–water partition coefficient (Wildman–Crippen LogP) is 5.10. The summed E-state index contributed by atoms with van der Waals surface area (Å²) in [6.45, 7) is 5.81. The van der Waals surface area contributed by atoms with E-state index in [0.717, 1.165) is 6.42 Å². The molecule has 0 bridgehead atoms. The van der Waals surface area contributed by atoms with Crippen molar-refractivity contribution in [2.45, 2.75) is 32.7 Å². The van der Waals surface area contributed by atoms with Crippen molar-refractivity contribution in [1.82, 2.24) is 5.32 Å². The lowest BCUT2D eigenvalue weighted by molar-refractivity contribution is -0.114. The second-order valence-electron chi connectivity index (χ2n) is 6.92. The van der Waals surface area contributed by atoms with Crippen molar-refractivity contribution in [3.05, 3.63) is 57.8 Å². The number of hydrogen-bond donors (Lipinski definition) is 3. The lowest BCUT2D eigenvalue weighted by atomic mass is 10.0. The van der Waals surface area contributed by atoms with Crippen LogP contribution in [-0.4, -0.2) is 23.9 Å². The first-order chi connectivity index (χ1) is 13.1. The summed E-state index contributed by atoms with van der Waals surface area (Å²) in [5, 5.41) is 8.66. The summed E-state index contributed by atoms with van der Waals surface area (Å²) in [5.74, 6) is -1.15. The second-order valence-corrected chi connectivity index (χ2v) is 7.73. The Morgan fingerprint density at radius 1 is 1.04 bits per heavy atom. The number of halogens is 3. The first kappa shape index (κ1) is 22.0. The van der Waals surface area contributed by atoms with Crippen LogP contribution in [-0.2, 0) is 4.79 Å². The van der Waals surface area contributed by atoms with Crippen LogP contribution in [0.15, 0.2) is 36.4 Å². The lowest BCUT2D eigenvalue weighted by Crippen LogP contribution is -2.42. The number of amides is 2. The summed E-state index contributed by atoms with van der Waals surface area (Å²) < 4.78 is 13.1. The van der Waals surface area contributed by atoms with Crippen LogP contribution in [0.3, 0.4) is 0 Å². The molecule has 5 nitrogen and oxygen atoms in total. The van der Waals surface area contributed by atoms with Crippen molar-refractivity contribution in [2.24, 2.45) is 0 Å². The molecule has 0 aliphatic carbocycles. The highest BCUT2D eigenvalue weighted by atomic mass is 35.5. The molecule has 2 aromatic rings. The van der Waals surface area contributed by atoms with Gasteiger partial charge in [-0.15, -0.1) is 0 Å². The molecule has 8 heteroatoms. The van der Waals surface area contributed by atoms with E-state index in [1.54, 1.807) is 18.2 Å². The summed E-state index contributed by atoms with van der Waals surface area (Å²) in [6, 6.07) is 8.77. The van der Waals surface area contributed by atoms with Gasteiger partial charge in [0, 0.05) is 16.9 Å². The summed E-state index contributed by atoms with van der Waals surface area (Å²) in [5.41, 5.74) is 1.00. The number of rotatable bonds is 7. The minimum atomic E-state index is -0.557. The molecule has 2 aromatic carbocycles. The highest BCUT2D eigenvalue weighted by molar-refractivity contribution is 6.34. The minimum absolute atomic E-state index is 0.0419. The highest BCUT2D eigenvalue weighted by Gasteiger charge is 2.20. The minimum Gasteiger partial charge on any atom is -0.376 e. The molecular formula is C20H22Cl2FN3O2. The van der Waals surface area contributed by atoms with Crippen molar-refractivity contribution < 1.29 is 14.0 Å². The van der Waals surface area contributed by atoms with Gasteiger partial charge in [0.05, 0.1) is 22.2 Å². The first-order valence-corrected chi connectivity index (χ1v) is 9.47. The third kappa shape index (κ3) is 6.11. The Hall–Kier alpha value is -2.31. The molecule has 2 rings (SSSR count). The number of carbonyl (C=O) groups is 2. The van der Waals surface area contributed by atoms with Crippen molar-refractivity contribution in [3.8, 4) is 0 Å². The van der Waals surface area contributed by atoms with E-state index in [1.807, 2.05) is 20.8 Å². The molecule has 2 amide bonds. The monoisotopic (exact) mass is 425 g/mol. The van der Waals surface area contributed by atoms with Crippen LogP contribution in [0.1, 0.15) is 37.6 Å².